The highest BCUT2D eigenvalue weighted by Crippen LogP contribution is 2.21. The number of aromatic amines is 1. The van der Waals surface area contributed by atoms with Gasteiger partial charge in [0, 0.05) is 28.6 Å². The highest BCUT2D eigenvalue weighted by Gasteiger charge is 2.12. The summed E-state index contributed by atoms with van der Waals surface area (Å²) >= 11 is 0. The van der Waals surface area contributed by atoms with Crippen LogP contribution in [0.15, 0.2) is 33.8 Å². The van der Waals surface area contributed by atoms with Crippen molar-refractivity contribution in [1.82, 2.24) is 9.97 Å². The summed E-state index contributed by atoms with van der Waals surface area (Å²) in [5.41, 5.74) is 6.09. The van der Waals surface area contributed by atoms with Crippen LogP contribution in [0.4, 0.5) is 5.88 Å². The van der Waals surface area contributed by atoms with Crippen LogP contribution in [-0.4, -0.2) is 16.2 Å². The summed E-state index contributed by atoms with van der Waals surface area (Å²) in [7, 11) is 0. The number of hydrogen-bond acceptors (Lipinski definition) is 5. The first kappa shape index (κ1) is 14.9. The lowest BCUT2D eigenvalue weighted by Crippen LogP contribution is -1.92. The molecular weight excluding hydrogens is 290 g/mol. The van der Waals surface area contributed by atoms with Crippen LogP contribution in [0, 0.1) is 18.3 Å². The van der Waals surface area contributed by atoms with E-state index in [0.717, 1.165) is 28.6 Å². The molecule has 2 heterocycles. The van der Waals surface area contributed by atoms with Crippen LogP contribution in [0.3, 0.4) is 0 Å². The van der Waals surface area contributed by atoms with Gasteiger partial charge in [-0.1, -0.05) is 25.1 Å². The third kappa shape index (κ3) is 2.94. The molecule has 0 bridgehead atoms. The minimum absolute atomic E-state index is 0.223. The molecule has 0 spiro atoms. The predicted octanol–water partition coefficient (Wildman–Crippen LogP) is 3.73. The Balaban J connectivity index is 1.84. The lowest BCUT2D eigenvalue weighted by Gasteiger charge is -1.96. The van der Waals surface area contributed by atoms with Gasteiger partial charge in [0.1, 0.15) is 6.07 Å². The predicted molar refractivity (Wildman–Crippen MR) is 89.5 cm³/mol. The standard InChI is InChI=1S/C17H17N5O/c1-3-6-16-21-15(9-18)17(23-16)22-19-10-13-11(2)20-14-8-5-4-7-12(13)14/h4-5,7-8,10,20,22H,3,6H2,1-2H3/b19-10+. The number of nitrogens with zero attached hydrogens (tertiary/aromatic N) is 3. The number of H-pyrrole nitrogens is 1. The topological polar surface area (TPSA) is 90.0 Å². The zero-order valence-corrected chi connectivity index (χ0v) is 13.1. The van der Waals surface area contributed by atoms with E-state index in [2.05, 4.69) is 20.5 Å². The number of rotatable bonds is 5. The maximum atomic E-state index is 9.10. The second-order valence-corrected chi connectivity index (χ2v) is 5.23. The third-order valence-corrected chi connectivity index (χ3v) is 3.54. The fourth-order valence-electron chi connectivity index (χ4n) is 2.46. The number of nitrogens with one attached hydrogen (secondary N) is 2. The molecule has 23 heavy (non-hydrogen) atoms. The van der Waals surface area contributed by atoms with Gasteiger partial charge in [0.2, 0.25) is 5.69 Å². The Bertz CT molecular complexity index is 897. The van der Waals surface area contributed by atoms with E-state index in [0.29, 0.717) is 12.3 Å². The molecule has 0 fully saturated rings. The molecule has 0 amide bonds. The zero-order chi connectivity index (χ0) is 16.2. The molecule has 0 aliphatic carbocycles. The van der Waals surface area contributed by atoms with Gasteiger partial charge >= 0.3 is 0 Å². The Labute approximate surface area is 133 Å². The zero-order valence-electron chi connectivity index (χ0n) is 13.1. The number of hydrogen-bond donors (Lipinski definition) is 2. The summed E-state index contributed by atoms with van der Waals surface area (Å²) < 4.78 is 5.52. The van der Waals surface area contributed by atoms with Gasteiger partial charge in [-0.25, -0.2) is 10.4 Å². The molecule has 6 nitrogen and oxygen atoms in total. The van der Waals surface area contributed by atoms with Crippen LogP contribution in [0.5, 0.6) is 0 Å². The van der Waals surface area contributed by atoms with E-state index in [4.69, 9.17) is 9.68 Å². The normalized spacial score (nSPS) is 11.2. The molecule has 2 aromatic heterocycles. The minimum Gasteiger partial charge on any atom is -0.422 e. The lowest BCUT2D eigenvalue weighted by molar-refractivity contribution is 0.502. The first-order valence-electron chi connectivity index (χ1n) is 7.49. The number of hydrazone groups is 1. The molecular formula is C17H17N5O. The molecule has 2 N–H and O–H groups in total. The van der Waals surface area contributed by atoms with Crippen LogP contribution in [0.2, 0.25) is 0 Å². The molecule has 1 aromatic carbocycles. The van der Waals surface area contributed by atoms with E-state index >= 15 is 0 Å². The van der Waals surface area contributed by atoms with E-state index in [1.165, 1.54) is 0 Å². The molecule has 6 heteroatoms. The Morgan fingerprint density at radius 3 is 3.04 bits per heavy atom. The monoisotopic (exact) mass is 307 g/mol. The van der Waals surface area contributed by atoms with Crippen LogP contribution < -0.4 is 5.43 Å². The SMILES string of the molecule is CCCc1nc(C#N)c(N/N=C/c2c(C)[nH]c3ccccc23)o1. The maximum absolute atomic E-state index is 9.10. The summed E-state index contributed by atoms with van der Waals surface area (Å²) in [6.45, 7) is 4.02. The number of fused-ring (bicyclic) bond motifs is 1. The van der Waals surface area contributed by atoms with Gasteiger partial charge in [-0.3, -0.25) is 0 Å². The van der Waals surface area contributed by atoms with E-state index in [1.54, 1.807) is 6.21 Å². The molecule has 116 valence electrons. The number of aryl methyl sites for hydroxylation is 2. The van der Waals surface area contributed by atoms with Crippen molar-refractivity contribution in [3.05, 3.63) is 47.1 Å². The smallest absolute Gasteiger partial charge is 0.252 e. The van der Waals surface area contributed by atoms with Crippen molar-refractivity contribution < 1.29 is 4.42 Å². The fraction of sp³-hybridized carbons (Fsp3) is 0.235. The average molecular weight is 307 g/mol. The van der Waals surface area contributed by atoms with E-state index in [-0.39, 0.29) is 11.6 Å². The van der Waals surface area contributed by atoms with E-state index in [1.807, 2.05) is 44.2 Å². The Kier molecular flexibility index (Phi) is 4.11. The van der Waals surface area contributed by atoms with E-state index in [9.17, 15) is 0 Å². The number of oxazole rings is 1. The minimum atomic E-state index is 0.223. The lowest BCUT2D eigenvalue weighted by atomic mass is 10.1. The molecule has 0 saturated heterocycles. The number of para-hydroxylation sites is 1. The first-order chi connectivity index (χ1) is 11.2. The highest BCUT2D eigenvalue weighted by molar-refractivity contribution is 6.00. The summed E-state index contributed by atoms with van der Waals surface area (Å²) in [6, 6.07) is 10.0. The molecule has 0 atom stereocenters. The van der Waals surface area contributed by atoms with Gasteiger partial charge in [0.05, 0.1) is 6.21 Å². The number of anilines is 1. The third-order valence-electron chi connectivity index (χ3n) is 3.54. The van der Waals surface area contributed by atoms with Gasteiger partial charge < -0.3 is 9.40 Å². The number of nitriles is 1. The Morgan fingerprint density at radius 2 is 2.26 bits per heavy atom. The number of aromatic nitrogens is 2. The van der Waals surface area contributed by atoms with Crippen molar-refractivity contribution >= 4 is 23.0 Å². The van der Waals surface area contributed by atoms with Gasteiger partial charge in [-0.2, -0.15) is 10.4 Å². The molecule has 0 radical (unpaired) electrons. The second-order valence-electron chi connectivity index (χ2n) is 5.23. The number of benzene rings is 1. The molecule has 0 saturated carbocycles. The largest absolute Gasteiger partial charge is 0.422 e. The highest BCUT2D eigenvalue weighted by atomic mass is 16.4. The quantitative estimate of drug-likeness (QED) is 0.555. The fourth-order valence-corrected chi connectivity index (χ4v) is 2.46. The van der Waals surface area contributed by atoms with Gasteiger partial charge in [0.25, 0.3) is 5.88 Å². The molecule has 3 rings (SSSR count). The van der Waals surface area contributed by atoms with Crippen LogP contribution in [0.25, 0.3) is 10.9 Å². The Hall–Kier alpha value is -3.07. The van der Waals surface area contributed by atoms with E-state index < -0.39 is 0 Å². The summed E-state index contributed by atoms with van der Waals surface area (Å²) in [6.07, 6.45) is 3.32. The van der Waals surface area contributed by atoms with Crippen LogP contribution >= 0.6 is 0 Å². The van der Waals surface area contributed by atoms with Crippen molar-refractivity contribution in [3.8, 4) is 6.07 Å². The van der Waals surface area contributed by atoms with Crippen molar-refractivity contribution in [1.29, 1.82) is 5.26 Å². The van der Waals surface area contributed by atoms with Crippen LogP contribution in [-0.2, 0) is 6.42 Å². The van der Waals surface area contributed by atoms with Crippen molar-refractivity contribution in [3.63, 3.8) is 0 Å². The summed E-state index contributed by atoms with van der Waals surface area (Å²) in [5, 5.41) is 14.4. The first-order valence-corrected chi connectivity index (χ1v) is 7.49. The Morgan fingerprint density at radius 1 is 1.43 bits per heavy atom. The van der Waals surface area contributed by atoms with Gasteiger partial charge in [-0.15, -0.1) is 0 Å². The summed E-state index contributed by atoms with van der Waals surface area (Å²) in [4.78, 5) is 7.44. The van der Waals surface area contributed by atoms with Gasteiger partial charge in [0.15, 0.2) is 5.89 Å². The van der Waals surface area contributed by atoms with Gasteiger partial charge in [-0.05, 0) is 19.4 Å². The molecule has 0 unspecified atom stereocenters. The average Bonchev–Trinajstić information content (AvgIpc) is 3.08. The molecule has 0 aliphatic heterocycles. The van der Waals surface area contributed by atoms with Crippen LogP contribution in [0.1, 0.15) is 36.2 Å². The maximum Gasteiger partial charge on any atom is 0.252 e. The summed E-state index contributed by atoms with van der Waals surface area (Å²) in [5.74, 6) is 0.828. The molecule has 0 aliphatic rings. The van der Waals surface area contributed by atoms with Crippen molar-refractivity contribution in [2.24, 2.45) is 5.10 Å². The van der Waals surface area contributed by atoms with Crippen molar-refractivity contribution in [2.45, 2.75) is 26.7 Å². The van der Waals surface area contributed by atoms with Crippen molar-refractivity contribution in [2.75, 3.05) is 5.43 Å². The molecule has 3 aromatic rings. The second kappa shape index (κ2) is 6.36.